The first-order valence-corrected chi connectivity index (χ1v) is 14.5. The SMILES string of the molecule is CC(C)[C@H]1NC(=O)[C@H]2CSSCCC=C[C@H](CC(=O)N[C@@H](c3ccccc3)C(=O)N2)OC(=O)C[C@@H]1O. The Morgan fingerprint density at radius 2 is 1.72 bits per heavy atom. The fraction of sp³-hybridized carbons (Fsp3) is 0.520. The molecule has 9 nitrogen and oxygen atoms in total. The minimum absolute atomic E-state index is 0.189. The van der Waals surface area contributed by atoms with Crippen LogP contribution in [0, 0.1) is 5.92 Å². The molecule has 2 heterocycles. The number of hydrogen-bond donors (Lipinski definition) is 4. The van der Waals surface area contributed by atoms with E-state index in [-0.39, 0.29) is 24.5 Å². The van der Waals surface area contributed by atoms with Crippen molar-refractivity contribution >= 4 is 45.3 Å². The van der Waals surface area contributed by atoms with Crippen LogP contribution in [0.4, 0.5) is 0 Å². The Bertz CT molecular complexity index is 958. The third-order valence-electron chi connectivity index (χ3n) is 5.86. The topological polar surface area (TPSA) is 134 Å². The molecule has 1 aromatic carbocycles. The minimum Gasteiger partial charge on any atom is -0.457 e. The van der Waals surface area contributed by atoms with Gasteiger partial charge in [-0.3, -0.25) is 19.2 Å². The normalized spacial score (nSPS) is 29.2. The van der Waals surface area contributed by atoms with E-state index >= 15 is 0 Å². The first kappa shape index (κ1) is 28.1. The average molecular weight is 536 g/mol. The molecule has 2 aliphatic heterocycles. The molecule has 5 atom stereocenters. The number of allylic oxidation sites excluding steroid dienone is 1. The highest BCUT2D eigenvalue weighted by atomic mass is 33.1. The summed E-state index contributed by atoms with van der Waals surface area (Å²) in [6.45, 7) is 3.65. The Morgan fingerprint density at radius 1 is 0.972 bits per heavy atom. The van der Waals surface area contributed by atoms with Gasteiger partial charge in [0.05, 0.1) is 25.0 Å². The number of fused-ring (bicyclic) bond motifs is 7. The molecule has 3 amide bonds. The van der Waals surface area contributed by atoms with Crippen molar-refractivity contribution < 1.29 is 29.0 Å². The van der Waals surface area contributed by atoms with Gasteiger partial charge in [0.25, 0.3) is 0 Å². The number of esters is 1. The maximum atomic E-state index is 13.4. The van der Waals surface area contributed by atoms with Crippen molar-refractivity contribution in [2.24, 2.45) is 5.92 Å². The van der Waals surface area contributed by atoms with Crippen molar-refractivity contribution in [3.05, 3.63) is 48.0 Å². The van der Waals surface area contributed by atoms with Gasteiger partial charge in [-0.05, 0) is 24.0 Å². The number of carbonyl (C=O) groups is 4. The van der Waals surface area contributed by atoms with Crippen molar-refractivity contribution in [2.45, 2.75) is 63.4 Å². The number of amides is 3. The van der Waals surface area contributed by atoms with E-state index in [9.17, 15) is 24.3 Å². The number of carbonyl (C=O) groups excluding carboxylic acids is 4. The van der Waals surface area contributed by atoms with E-state index in [1.807, 2.05) is 19.9 Å². The third-order valence-corrected chi connectivity index (χ3v) is 8.30. The van der Waals surface area contributed by atoms with Gasteiger partial charge in [0.15, 0.2) is 0 Å². The van der Waals surface area contributed by atoms with Crippen LogP contribution in [0.2, 0.25) is 0 Å². The van der Waals surface area contributed by atoms with E-state index < -0.39 is 54.0 Å². The highest BCUT2D eigenvalue weighted by Crippen LogP contribution is 2.25. The second-order valence-corrected chi connectivity index (χ2v) is 11.7. The lowest BCUT2D eigenvalue weighted by Gasteiger charge is -2.29. The van der Waals surface area contributed by atoms with Crippen LogP contribution < -0.4 is 16.0 Å². The number of ether oxygens (including phenoxy) is 1. The standard InChI is InChI=1S/C25H33N3O6S2/c1-15(2)22-19(29)13-21(31)34-17-10-6-7-11-35-36-14-18(24(32)28-22)26-25(33)23(27-20(30)12-17)16-8-4-3-5-9-16/h3-6,8-10,15,17-19,22-23,29H,7,11-14H2,1-2H3,(H,26,33)(H,27,30)(H,28,32)/t17-,18-,19+,22-,23+/m1/s1. The van der Waals surface area contributed by atoms with Crippen LogP contribution in [0.25, 0.3) is 0 Å². The summed E-state index contributed by atoms with van der Waals surface area (Å²) in [6, 6.07) is 6.04. The fourth-order valence-electron chi connectivity index (χ4n) is 3.96. The zero-order valence-electron chi connectivity index (χ0n) is 20.3. The van der Waals surface area contributed by atoms with Gasteiger partial charge in [-0.25, -0.2) is 0 Å². The average Bonchev–Trinajstić information content (AvgIpc) is 2.83. The molecule has 196 valence electrons. The lowest BCUT2D eigenvalue weighted by atomic mass is 9.96. The zero-order chi connectivity index (χ0) is 26.1. The lowest BCUT2D eigenvalue weighted by Crippen LogP contribution is -2.56. The van der Waals surface area contributed by atoms with E-state index in [0.717, 1.165) is 5.75 Å². The summed E-state index contributed by atoms with van der Waals surface area (Å²) in [5, 5.41) is 19.1. The Morgan fingerprint density at radius 3 is 2.44 bits per heavy atom. The molecule has 2 bridgehead atoms. The predicted octanol–water partition coefficient (Wildman–Crippen LogP) is 1.88. The molecule has 0 radical (unpaired) electrons. The molecule has 0 aliphatic carbocycles. The molecule has 36 heavy (non-hydrogen) atoms. The van der Waals surface area contributed by atoms with E-state index in [1.54, 1.807) is 47.2 Å². The van der Waals surface area contributed by atoms with E-state index in [4.69, 9.17) is 4.74 Å². The van der Waals surface area contributed by atoms with Crippen molar-refractivity contribution in [1.29, 1.82) is 0 Å². The maximum absolute atomic E-state index is 13.4. The van der Waals surface area contributed by atoms with Crippen LogP contribution in [0.1, 0.15) is 44.7 Å². The van der Waals surface area contributed by atoms with Gasteiger partial charge >= 0.3 is 5.97 Å². The van der Waals surface area contributed by atoms with E-state index in [0.29, 0.717) is 12.0 Å². The van der Waals surface area contributed by atoms with Crippen LogP contribution in [-0.4, -0.2) is 64.6 Å². The Labute approximate surface area is 219 Å². The van der Waals surface area contributed by atoms with E-state index in [1.165, 1.54) is 10.8 Å². The number of aliphatic hydroxyl groups excluding tert-OH is 1. The smallest absolute Gasteiger partial charge is 0.309 e. The molecule has 4 N–H and O–H groups in total. The van der Waals surface area contributed by atoms with Gasteiger partial charge in [0.2, 0.25) is 17.7 Å². The third kappa shape index (κ3) is 8.28. The Hall–Kier alpha value is -2.50. The van der Waals surface area contributed by atoms with Gasteiger partial charge in [-0.2, -0.15) is 0 Å². The predicted molar refractivity (Wildman–Crippen MR) is 140 cm³/mol. The summed E-state index contributed by atoms with van der Waals surface area (Å²) in [5.41, 5.74) is 0.553. The van der Waals surface area contributed by atoms with Gasteiger partial charge in [0.1, 0.15) is 18.2 Å². The minimum atomic E-state index is -1.20. The molecular formula is C25H33N3O6S2. The van der Waals surface area contributed by atoms with Gasteiger partial charge < -0.3 is 25.8 Å². The van der Waals surface area contributed by atoms with Crippen LogP contribution in [0.5, 0.6) is 0 Å². The van der Waals surface area contributed by atoms with Crippen molar-refractivity contribution in [3.63, 3.8) is 0 Å². The molecule has 1 aromatic rings. The largest absolute Gasteiger partial charge is 0.457 e. The lowest BCUT2D eigenvalue weighted by molar-refractivity contribution is -0.151. The van der Waals surface area contributed by atoms with Gasteiger partial charge in [-0.15, -0.1) is 0 Å². The van der Waals surface area contributed by atoms with Crippen LogP contribution in [-0.2, 0) is 23.9 Å². The summed E-state index contributed by atoms with van der Waals surface area (Å²) >= 11 is 0. The summed E-state index contributed by atoms with van der Waals surface area (Å²) < 4.78 is 5.53. The zero-order valence-corrected chi connectivity index (χ0v) is 22.0. The second kappa shape index (κ2) is 13.7. The molecule has 0 saturated carbocycles. The van der Waals surface area contributed by atoms with Crippen molar-refractivity contribution in [3.8, 4) is 0 Å². The fourth-order valence-corrected chi connectivity index (χ4v) is 6.12. The molecule has 2 aliphatic rings. The molecule has 11 heteroatoms. The number of nitrogens with one attached hydrogen (secondary N) is 3. The highest BCUT2D eigenvalue weighted by Gasteiger charge is 2.33. The monoisotopic (exact) mass is 535 g/mol. The van der Waals surface area contributed by atoms with Crippen LogP contribution in [0.3, 0.4) is 0 Å². The van der Waals surface area contributed by atoms with Crippen molar-refractivity contribution in [1.82, 2.24) is 16.0 Å². The molecule has 0 spiro atoms. The second-order valence-electron chi connectivity index (χ2n) is 9.08. The quantitative estimate of drug-likeness (QED) is 0.256. The molecule has 1 saturated heterocycles. The molecule has 3 rings (SSSR count). The number of rotatable bonds is 2. The molecule has 1 fully saturated rings. The first-order chi connectivity index (χ1) is 17.2. The summed E-state index contributed by atoms with van der Waals surface area (Å²) in [6.07, 6.45) is 1.59. The highest BCUT2D eigenvalue weighted by molar-refractivity contribution is 8.76. The maximum Gasteiger partial charge on any atom is 0.309 e. The molecule has 0 unspecified atom stereocenters. The summed E-state index contributed by atoms with van der Waals surface area (Å²) in [4.78, 5) is 52.4. The van der Waals surface area contributed by atoms with Crippen molar-refractivity contribution in [2.75, 3.05) is 11.5 Å². The summed E-state index contributed by atoms with van der Waals surface area (Å²) in [7, 11) is 3.01. The number of aliphatic hydroxyl groups is 1. The van der Waals surface area contributed by atoms with E-state index in [2.05, 4.69) is 16.0 Å². The number of hydrogen-bond acceptors (Lipinski definition) is 8. The summed E-state index contributed by atoms with van der Waals surface area (Å²) in [5.74, 6) is -1.35. The van der Waals surface area contributed by atoms with Crippen LogP contribution in [0.15, 0.2) is 42.5 Å². The first-order valence-electron chi connectivity index (χ1n) is 12.0. The Balaban J connectivity index is 2.03. The Kier molecular flexibility index (Phi) is 10.7. The van der Waals surface area contributed by atoms with Gasteiger partial charge in [0, 0.05) is 11.5 Å². The molecular weight excluding hydrogens is 502 g/mol. The molecule has 0 aromatic heterocycles. The number of benzene rings is 1. The van der Waals surface area contributed by atoms with Gasteiger partial charge in [-0.1, -0.05) is 71.8 Å². The van der Waals surface area contributed by atoms with Crippen LogP contribution >= 0.6 is 21.6 Å².